The molecule has 1 saturated heterocycles. The first-order chi connectivity index (χ1) is 14.4. The summed E-state index contributed by atoms with van der Waals surface area (Å²) in [6.07, 6.45) is -0.444. The van der Waals surface area contributed by atoms with E-state index in [9.17, 15) is 24.8 Å². The summed E-state index contributed by atoms with van der Waals surface area (Å²) < 4.78 is 5.34. The van der Waals surface area contributed by atoms with Gasteiger partial charge >= 0.3 is 0 Å². The van der Waals surface area contributed by atoms with Crippen molar-refractivity contribution in [2.24, 2.45) is 0 Å². The number of nitro groups is 1. The van der Waals surface area contributed by atoms with Gasteiger partial charge in [0.15, 0.2) is 11.4 Å². The second kappa shape index (κ2) is 7.94. The highest BCUT2D eigenvalue weighted by Gasteiger charge is 2.51. The van der Waals surface area contributed by atoms with Crippen LogP contribution in [-0.4, -0.2) is 59.6 Å². The predicted octanol–water partition coefficient (Wildman–Crippen LogP) is 1.69. The summed E-state index contributed by atoms with van der Waals surface area (Å²) in [6, 6.07) is 12.0. The Morgan fingerprint density at radius 1 is 1.13 bits per heavy atom. The van der Waals surface area contributed by atoms with Crippen LogP contribution in [0.15, 0.2) is 48.5 Å². The van der Waals surface area contributed by atoms with Crippen LogP contribution in [0.5, 0.6) is 0 Å². The molecule has 2 aliphatic rings. The highest BCUT2D eigenvalue weighted by Crippen LogP contribution is 2.43. The van der Waals surface area contributed by atoms with Gasteiger partial charge in [-0.05, 0) is 18.2 Å². The van der Waals surface area contributed by atoms with Crippen LogP contribution in [0.1, 0.15) is 22.3 Å². The van der Waals surface area contributed by atoms with Gasteiger partial charge in [-0.2, -0.15) is 0 Å². The number of ether oxygens (including phenoxy) is 1. The minimum absolute atomic E-state index is 0.135. The van der Waals surface area contributed by atoms with Crippen LogP contribution in [0, 0.1) is 10.1 Å². The van der Waals surface area contributed by atoms with E-state index in [4.69, 9.17) is 4.74 Å². The molecule has 0 aliphatic carbocycles. The summed E-state index contributed by atoms with van der Waals surface area (Å²) in [5.74, 6) is -1.02. The number of hydrogen-bond donors (Lipinski definition) is 1. The molecule has 2 heterocycles. The average Bonchev–Trinajstić information content (AvgIpc) is 2.96. The number of Topliss-reactive ketones (excluding diaryl/α,β-unsaturated/α-hetero) is 1. The van der Waals surface area contributed by atoms with Crippen LogP contribution in [0.4, 0.5) is 11.4 Å². The number of benzene rings is 2. The summed E-state index contributed by atoms with van der Waals surface area (Å²) in [6.45, 7) is 2.80. The topological polar surface area (TPSA) is 113 Å². The fraction of sp³-hybridized carbons (Fsp3) is 0.333. The molecule has 30 heavy (non-hydrogen) atoms. The van der Waals surface area contributed by atoms with Gasteiger partial charge in [0.2, 0.25) is 0 Å². The monoisotopic (exact) mass is 411 g/mol. The van der Waals surface area contributed by atoms with Gasteiger partial charge in [-0.15, -0.1) is 0 Å². The van der Waals surface area contributed by atoms with Gasteiger partial charge in [0.1, 0.15) is 0 Å². The summed E-state index contributed by atoms with van der Waals surface area (Å²) in [4.78, 5) is 39.9. The lowest BCUT2D eigenvalue weighted by atomic mass is 9.88. The number of fused-ring (bicyclic) bond motifs is 1. The number of carbonyl (C=O) groups excluding carboxylic acids is 2. The normalized spacial score (nSPS) is 21.5. The molecule has 0 radical (unpaired) electrons. The maximum Gasteiger partial charge on any atom is 0.269 e. The third-order valence-electron chi connectivity index (χ3n) is 5.50. The van der Waals surface area contributed by atoms with E-state index < -0.39 is 28.6 Å². The summed E-state index contributed by atoms with van der Waals surface area (Å²) >= 11 is 0. The van der Waals surface area contributed by atoms with Gasteiger partial charge in [-0.25, -0.2) is 0 Å². The van der Waals surface area contributed by atoms with Gasteiger partial charge in [0, 0.05) is 36.3 Å². The van der Waals surface area contributed by atoms with Crippen molar-refractivity contribution in [1.82, 2.24) is 4.90 Å². The van der Waals surface area contributed by atoms with Crippen molar-refractivity contribution in [3.8, 4) is 0 Å². The molecule has 1 atom stereocenters. The molecule has 4 rings (SSSR count). The van der Waals surface area contributed by atoms with Crippen molar-refractivity contribution in [3.63, 3.8) is 0 Å². The number of rotatable bonds is 6. The van der Waals surface area contributed by atoms with Gasteiger partial charge in [0.05, 0.1) is 36.9 Å². The standard InChI is InChI=1S/C21H21N3O6/c25-19(15-5-7-16(8-6-15)24(28)29)13-21(27)17-3-1-2-4-18(17)23(20(21)26)14-22-9-11-30-12-10-22/h1-8,27H,9-14H2. The molecule has 0 spiro atoms. The third kappa shape index (κ3) is 3.58. The van der Waals surface area contributed by atoms with Gasteiger partial charge in [0.25, 0.3) is 11.6 Å². The van der Waals surface area contributed by atoms with E-state index in [2.05, 4.69) is 4.90 Å². The second-order valence-corrected chi connectivity index (χ2v) is 7.39. The zero-order valence-electron chi connectivity index (χ0n) is 16.2. The highest BCUT2D eigenvalue weighted by molar-refractivity contribution is 6.10. The maximum absolute atomic E-state index is 13.2. The zero-order chi connectivity index (χ0) is 21.3. The minimum Gasteiger partial charge on any atom is -0.379 e. The average molecular weight is 411 g/mol. The molecule has 9 heteroatoms. The number of para-hydroxylation sites is 1. The first-order valence-electron chi connectivity index (χ1n) is 9.62. The van der Waals surface area contributed by atoms with E-state index in [1.165, 1.54) is 29.2 Å². The Labute approximate surface area is 172 Å². The lowest BCUT2D eigenvalue weighted by Crippen LogP contribution is -2.49. The lowest BCUT2D eigenvalue weighted by molar-refractivity contribution is -0.384. The fourth-order valence-electron chi connectivity index (χ4n) is 3.86. The molecular weight excluding hydrogens is 390 g/mol. The van der Waals surface area contributed by atoms with Gasteiger partial charge in [-0.1, -0.05) is 18.2 Å². The van der Waals surface area contributed by atoms with Crippen molar-refractivity contribution >= 4 is 23.1 Å². The molecule has 0 bridgehead atoms. The number of non-ortho nitro benzene ring substituents is 1. The van der Waals surface area contributed by atoms with E-state index in [0.29, 0.717) is 44.2 Å². The Balaban J connectivity index is 1.59. The van der Waals surface area contributed by atoms with Gasteiger partial charge < -0.3 is 9.84 Å². The Morgan fingerprint density at radius 3 is 2.47 bits per heavy atom. The summed E-state index contributed by atoms with van der Waals surface area (Å²) in [5, 5.41) is 22.1. The van der Waals surface area contributed by atoms with Crippen molar-refractivity contribution in [1.29, 1.82) is 0 Å². The number of hydrogen-bond acceptors (Lipinski definition) is 7. The van der Waals surface area contributed by atoms with Gasteiger partial charge in [-0.3, -0.25) is 29.5 Å². The number of carbonyl (C=O) groups is 2. The number of anilines is 1. The predicted molar refractivity (Wildman–Crippen MR) is 107 cm³/mol. The van der Waals surface area contributed by atoms with E-state index in [-0.39, 0.29) is 11.3 Å². The van der Waals surface area contributed by atoms with Crippen molar-refractivity contribution in [2.75, 3.05) is 37.9 Å². The molecule has 0 aromatic heterocycles. The third-order valence-corrected chi connectivity index (χ3v) is 5.50. The molecule has 2 aromatic rings. The first kappa shape index (κ1) is 20.1. The first-order valence-corrected chi connectivity index (χ1v) is 9.62. The highest BCUT2D eigenvalue weighted by atomic mass is 16.6. The Bertz CT molecular complexity index is 986. The smallest absolute Gasteiger partial charge is 0.269 e. The fourth-order valence-corrected chi connectivity index (χ4v) is 3.86. The number of morpholine rings is 1. The molecule has 9 nitrogen and oxygen atoms in total. The quantitative estimate of drug-likeness (QED) is 0.437. The van der Waals surface area contributed by atoms with Crippen molar-refractivity contribution < 1.29 is 24.4 Å². The van der Waals surface area contributed by atoms with Crippen LogP contribution in [0.2, 0.25) is 0 Å². The van der Waals surface area contributed by atoms with E-state index in [1.54, 1.807) is 24.3 Å². The zero-order valence-corrected chi connectivity index (χ0v) is 16.2. The molecule has 1 amide bonds. The van der Waals surface area contributed by atoms with Crippen LogP contribution in [-0.2, 0) is 15.1 Å². The molecule has 2 aromatic carbocycles. The molecule has 1 unspecified atom stereocenters. The number of ketones is 1. The molecule has 156 valence electrons. The maximum atomic E-state index is 13.2. The Morgan fingerprint density at radius 2 is 1.80 bits per heavy atom. The minimum atomic E-state index is -1.98. The Kier molecular flexibility index (Phi) is 5.33. The van der Waals surface area contributed by atoms with Crippen LogP contribution in [0.25, 0.3) is 0 Å². The largest absolute Gasteiger partial charge is 0.379 e. The number of nitro benzene ring substituents is 1. The van der Waals surface area contributed by atoms with E-state index >= 15 is 0 Å². The number of amides is 1. The van der Waals surface area contributed by atoms with Crippen LogP contribution in [0.3, 0.4) is 0 Å². The number of aliphatic hydroxyl groups is 1. The molecule has 1 fully saturated rings. The lowest BCUT2D eigenvalue weighted by Gasteiger charge is -2.31. The van der Waals surface area contributed by atoms with Crippen molar-refractivity contribution in [2.45, 2.75) is 12.0 Å². The number of nitrogens with zero attached hydrogens (tertiary/aromatic N) is 3. The summed E-state index contributed by atoms with van der Waals surface area (Å²) in [5.41, 5.74) is -0.955. The molecule has 1 N–H and O–H groups in total. The van der Waals surface area contributed by atoms with E-state index in [0.717, 1.165) is 0 Å². The molecule has 2 aliphatic heterocycles. The van der Waals surface area contributed by atoms with E-state index in [1.807, 2.05) is 0 Å². The summed E-state index contributed by atoms with van der Waals surface area (Å²) in [7, 11) is 0. The second-order valence-electron chi connectivity index (χ2n) is 7.39. The van der Waals surface area contributed by atoms with Crippen LogP contribution >= 0.6 is 0 Å². The van der Waals surface area contributed by atoms with Crippen LogP contribution < -0.4 is 4.90 Å². The van der Waals surface area contributed by atoms with Crippen molar-refractivity contribution in [3.05, 3.63) is 69.8 Å². The molecule has 0 saturated carbocycles. The Hall–Kier alpha value is -3.14. The molecular formula is C21H21N3O6. The SMILES string of the molecule is O=C(CC1(O)C(=O)N(CN2CCOCC2)c2ccccc21)c1ccc([N+](=O)[O-])cc1.